The van der Waals surface area contributed by atoms with Crippen LogP contribution in [-0.4, -0.2) is 69.4 Å². The van der Waals surface area contributed by atoms with Gasteiger partial charge in [0, 0.05) is 12.8 Å². The van der Waals surface area contributed by atoms with Crippen LogP contribution in [0.3, 0.4) is 0 Å². The van der Waals surface area contributed by atoms with E-state index in [1.807, 2.05) is 33.3 Å². The Morgan fingerprint density at radius 3 is 1.11 bits per heavy atom. The number of esters is 1. The second-order valence-corrected chi connectivity index (χ2v) is 26.1. The van der Waals surface area contributed by atoms with Crippen LogP contribution in [0.25, 0.3) is 0 Å². The molecule has 0 heterocycles. The van der Waals surface area contributed by atoms with Crippen molar-refractivity contribution in [1.29, 1.82) is 0 Å². The van der Waals surface area contributed by atoms with Gasteiger partial charge in [0.2, 0.25) is 5.91 Å². The third-order valence-electron chi connectivity index (χ3n) is 15.2. The highest BCUT2D eigenvalue weighted by molar-refractivity contribution is 7.45. The van der Waals surface area contributed by atoms with E-state index in [9.17, 15) is 19.0 Å². The van der Waals surface area contributed by atoms with Crippen molar-refractivity contribution >= 4 is 19.7 Å². The highest BCUT2D eigenvalue weighted by Crippen LogP contribution is 2.38. The molecule has 0 radical (unpaired) electrons. The molecule has 3 unspecified atom stereocenters. The number of carbonyl (C=O) groups excluding carboxylic acids is 2. The zero-order valence-electron chi connectivity index (χ0n) is 55.6. The lowest BCUT2D eigenvalue weighted by atomic mass is 10.0. The molecule has 0 aromatic carbocycles. The fourth-order valence-electron chi connectivity index (χ4n) is 9.81. The summed E-state index contributed by atoms with van der Waals surface area (Å²) >= 11 is 0. The molecule has 0 fully saturated rings. The number of nitrogens with zero attached hydrogens (tertiary/aromatic N) is 1. The molecular formula is C74H133N2O7P. The number of hydrogen-bond donors (Lipinski definition) is 1. The first kappa shape index (κ1) is 80.9. The molecule has 0 spiro atoms. The second kappa shape index (κ2) is 63.0. The fraction of sp³-hybridized carbons (Fsp3) is 0.757. The standard InChI is InChI=1S/C74H133N2O7P/c1-7-10-13-16-19-22-25-28-30-32-34-36-38-40-42-44-46-48-51-54-57-60-63-66-73(77)75-71(70-82-84(79,80)81-69-68-76(4,5)6)72(65-62-59-56-53-50-27-24-21-18-15-12-9-3)83-74(78)67-64-61-58-55-52-49-47-45-43-41-39-37-35-33-31-29-26-23-20-17-14-11-8-2/h19-20,22-23,28-31,34-37,40,42,62,65,71-72H,7-18,21,24-27,32-33,38-39,41,43-61,63-64,66-70H2,1-6H3,(H-,75,77,79,80)/b22-19-,23-20-,30-28-,31-29-,36-34-,37-35-,42-40-,65-62+. The Balaban J connectivity index is 5.14. The van der Waals surface area contributed by atoms with Crippen molar-refractivity contribution < 1.29 is 37.3 Å². The molecule has 0 aliphatic heterocycles. The van der Waals surface area contributed by atoms with Gasteiger partial charge in [-0.2, -0.15) is 0 Å². The van der Waals surface area contributed by atoms with Gasteiger partial charge in [-0.1, -0.05) is 279 Å². The van der Waals surface area contributed by atoms with E-state index in [-0.39, 0.29) is 24.9 Å². The molecule has 3 atom stereocenters. The monoisotopic (exact) mass is 1190 g/mol. The van der Waals surface area contributed by atoms with Gasteiger partial charge >= 0.3 is 5.97 Å². The minimum atomic E-state index is -4.71. The number of unbranched alkanes of at least 4 members (excludes halogenated alkanes) is 33. The normalized spacial score (nSPS) is 14.1. The lowest BCUT2D eigenvalue weighted by Crippen LogP contribution is -2.47. The van der Waals surface area contributed by atoms with E-state index in [1.54, 1.807) is 0 Å². The van der Waals surface area contributed by atoms with Gasteiger partial charge < -0.3 is 28.5 Å². The zero-order valence-corrected chi connectivity index (χ0v) is 56.5. The smallest absolute Gasteiger partial charge is 0.306 e. The molecule has 1 amide bonds. The Morgan fingerprint density at radius 2 is 0.726 bits per heavy atom. The highest BCUT2D eigenvalue weighted by atomic mass is 31.2. The third kappa shape index (κ3) is 63.4. The van der Waals surface area contributed by atoms with Gasteiger partial charge in [-0.25, -0.2) is 0 Å². The summed E-state index contributed by atoms with van der Waals surface area (Å²) in [5.41, 5.74) is 0. The Labute approximate surface area is 519 Å². The molecule has 10 heteroatoms. The van der Waals surface area contributed by atoms with Crippen LogP contribution in [0.4, 0.5) is 0 Å². The first-order valence-electron chi connectivity index (χ1n) is 35.0. The Kier molecular flexibility index (Phi) is 60.7. The van der Waals surface area contributed by atoms with Gasteiger partial charge in [0.05, 0.1) is 33.8 Å². The van der Waals surface area contributed by atoms with Crippen LogP contribution < -0.4 is 10.2 Å². The molecular weight excluding hydrogens is 1060 g/mol. The average Bonchev–Trinajstić information content (AvgIpc) is 3.64. The number of amides is 1. The van der Waals surface area contributed by atoms with Crippen molar-refractivity contribution in [1.82, 2.24) is 5.32 Å². The molecule has 486 valence electrons. The van der Waals surface area contributed by atoms with Crippen LogP contribution in [0.15, 0.2) is 97.2 Å². The van der Waals surface area contributed by atoms with Gasteiger partial charge in [0.15, 0.2) is 0 Å². The van der Waals surface area contributed by atoms with Crippen LogP contribution in [0.5, 0.6) is 0 Å². The zero-order chi connectivity index (χ0) is 61.4. The molecule has 9 nitrogen and oxygen atoms in total. The number of allylic oxidation sites excluding steroid dienone is 15. The molecule has 0 aromatic rings. The van der Waals surface area contributed by atoms with Crippen molar-refractivity contribution in [3.8, 4) is 0 Å². The Morgan fingerprint density at radius 1 is 0.417 bits per heavy atom. The summed E-state index contributed by atoms with van der Waals surface area (Å²) < 4.78 is 30.4. The number of rotatable bonds is 63. The maximum absolute atomic E-state index is 13.6. The summed E-state index contributed by atoms with van der Waals surface area (Å²) in [6, 6.07) is -0.902. The quantitative estimate of drug-likeness (QED) is 0.0212. The van der Waals surface area contributed by atoms with E-state index in [4.69, 9.17) is 13.8 Å². The van der Waals surface area contributed by atoms with E-state index in [2.05, 4.69) is 111 Å². The van der Waals surface area contributed by atoms with Gasteiger partial charge in [0.25, 0.3) is 7.82 Å². The van der Waals surface area contributed by atoms with Crippen LogP contribution >= 0.6 is 7.82 Å². The van der Waals surface area contributed by atoms with Crippen molar-refractivity contribution in [2.75, 3.05) is 40.9 Å². The number of quaternary nitrogens is 1. The van der Waals surface area contributed by atoms with Crippen molar-refractivity contribution in [3.05, 3.63) is 97.2 Å². The predicted octanol–water partition coefficient (Wildman–Crippen LogP) is 21.7. The number of phosphoric ester groups is 1. The van der Waals surface area contributed by atoms with Gasteiger partial charge in [-0.05, 0) is 115 Å². The molecule has 0 saturated carbocycles. The summed E-state index contributed by atoms with van der Waals surface area (Å²) in [5, 5.41) is 3.03. The summed E-state index contributed by atoms with van der Waals surface area (Å²) in [6.45, 7) is 6.79. The number of nitrogens with one attached hydrogen (secondary N) is 1. The first-order valence-corrected chi connectivity index (χ1v) is 36.5. The van der Waals surface area contributed by atoms with Gasteiger partial charge in [0.1, 0.15) is 19.3 Å². The molecule has 0 aliphatic carbocycles. The molecule has 0 rings (SSSR count). The number of ether oxygens (including phenoxy) is 1. The van der Waals surface area contributed by atoms with Crippen molar-refractivity contribution in [2.24, 2.45) is 0 Å². The fourth-order valence-corrected chi connectivity index (χ4v) is 10.5. The lowest BCUT2D eigenvalue weighted by molar-refractivity contribution is -0.870. The van der Waals surface area contributed by atoms with E-state index >= 15 is 0 Å². The predicted molar refractivity (Wildman–Crippen MR) is 362 cm³/mol. The maximum Gasteiger partial charge on any atom is 0.306 e. The largest absolute Gasteiger partial charge is 0.756 e. The van der Waals surface area contributed by atoms with Crippen LogP contribution in [0.1, 0.15) is 310 Å². The topological polar surface area (TPSA) is 114 Å². The lowest BCUT2D eigenvalue weighted by Gasteiger charge is -2.30. The Hall–Kier alpha value is -3.07. The second-order valence-electron chi connectivity index (χ2n) is 24.7. The molecule has 1 N–H and O–H groups in total. The Bertz CT molecular complexity index is 1760. The average molecular weight is 1190 g/mol. The molecule has 0 saturated heterocycles. The SMILES string of the molecule is CCCCC/C=C\C/C=C\C/C=C\C/C=C\CCCCCCCCCC(=O)NC(COP(=O)([O-])OCC[N+](C)(C)C)C(/C=C/CCCCCCCCCCCC)OC(=O)CCCCCCCCCCCC/C=C\C/C=C\C/C=C\CCCCC. The maximum atomic E-state index is 13.6. The van der Waals surface area contributed by atoms with E-state index < -0.39 is 26.6 Å². The molecule has 0 bridgehead atoms. The summed E-state index contributed by atoms with van der Waals surface area (Å²) in [6.07, 6.45) is 85.2. The van der Waals surface area contributed by atoms with E-state index in [0.29, 0.717) is 17.4 Å². The summed E-state index contributed by atoms with van der Waals surface area (Å²) in [5.74, 6) is -0.555. The molecule has 0 aliphatic rings. The molecule has 0 aromatic heterocycles. The van der Waals surface area contributed by atoms with Gasteiger partial charge in [-0.15, -0.1) is 0 Å². The minimum Gasteiger partial charge on any atom is -0.756 e. The number of phosphoric acid groups is 1. The van der Waals surface area contributed by atoms with Crippen LogP contribution in [0.2, 0.25) is 0 Å². The van der Waals surface area contributed by atoms with Crippen LogP contribution in [0, 0.1) is 0 Å². The number of carbonyl (C=O) groups is 2. The van der Waals surface area contributed by atoms with E-state index in [0.717, 1.165) is 116 Å². The molecule has 84 heavy (non-hydrogen) atoms. The highest BCUT2D eigenvalue weighted by Gasteiger charge is 2.27. The van der Waals surface area contributed by atoms with Gasteiger partial charge in [-0.3, -0.25) is 14.2 Å². The van der Waals surface area contributed by atoms with Crippen molar-refractivity contribution in [3.63, 3.8) is 0 Å². The summed E-state index contributed by atoms with van der Waals surface area (Å²) in [7, 11) is 1.17. The van der Waals surface area contributed by atoms with Crippen LogP contribution in [-0.2, 0) is 27.9 Å². The summed E-state index contributed by atoms with van der Waals surface area (Å²) in [4.78, 5) is 40.2. The minimum absolute atomic E-state index is 0.0291. The van der Waals surface area contributed by atoms with E-state index in [1.165, 1.54) is 161 Å². The number of likely N-dealkylation sites (N-methyl/N-ethyl adjacent to an activating group) is 1. The first-order chi connectivity index (χ1) is 40.9. The third-order valence-corrected chi connectivity index (χ3v) is 16.2. The number of hydrogen-bond acceptors (Lipinski definition) is 7. The van der Waals surface area contributed by atoms with Crippen molar-refractivity contribution in [2.45, 2.75) is 322 Å².